The number of carbonyl (C=O) groups is 2. The zero-order valence-electron chi connectivity index (χ0n) is 13.4. The Morgan fingerprint density at radius 3 is 2.43 bits per heavy atom. The Bertz CT molecular complexity index is 524. The lowest BCUT2D eigenvalue weighted by atomic mass is 9.90. The Hall–Kier alpha value is -1.88. The molecular formula is C16H24N2O3. The van der Waals surface area contributed by atoms with E-state index >= 15 is 0 Å². The van der Waals surface area contributed by atoms with Gasteiger partial charge in [-0.25, -0.2) is 0 Å². The van der Waals surface area contributed by atoms with Crippen LogP contribution >= 0.6 is 0 Å². The van der Waals surface area contributed by atoms with E-state index in [1.807, 2.05) is 32.0 Å². The van der Waals surface area contributed by atoms with Crippen molar-refractivity contribution < 1.29 is 14.3 Å². The minimum atomic E-state index is -1.15. The minimum absolute atomic E-state index is 0.318. The molecule has 1 aromatic carbocycles. The van der Waals surface area contributed by atoms with Crippen LogP contribution in [0.3, 0.4) is 0 Å². The molecule has 2 N–H and O–H groups in total. The van der Waals surface area contributed by atoms with Crippen LogP contribution in [0.5, 0.6) is 0 Å². The molecule has 116 valence electrons. The van der Waals surface area contributed by atoms with Gasteiger partial charge in [-0.05, 0) is 39.3 Å². The van der Waals surface area contributed by atoms with Crippen molar-refractivity contribution in [2.45, 2.75) is 27.7 Å². The molecule has 0 saturated heterocycles. The van der Waals surface area contributed by atoms with Crippen molar-refractivity contribution in [3.8, 4) is 0 Å². The fraction of sp³-hybridized carbons (Fsp3) is 0.500. The number of hydrogen-bond donors (Lipinski definition) is 2. The Labute approximate surface area is 126 Å². The SMILES string of the molecule is COCCNC(=O)C(C)(C)C(=O)Nc1ccc(C)cc1C. The van der Waals surface area contributed by atoms with Gasteiger partial charge in [-0.15, -0.1) is 0 Å². The molecule has 0 saturated carbocycles. The van der Waals surface area contributed by atoms with Crippen LogP contribution in [0.1, 0.15) is 25.0 Å². The summed E-state index contributed by atoms with van der Waals surface area (Å²) in [5.41, 5.74) is 1.68. The second kappa shape index (κ2) is 7.22. The van der Waals surface area contributed by atoms with Gasteiger partial charge in [0, 0.05) is 19.3 Å². The van der Waals surface area contributed by atoms with Crippen molar-refractivity contribution in [1.29, 1.82) is 0 Å². The number of amides is 2. The number of aryl methyl sites for hydroxylation is 2. The number of anilines is 1. The van der Waals surface area contributed by atoms with Crippen LogP contribution in [0.4, 0.5) is 5.69 Å². The molecule has 0 spiro atoms. The van der Waals surface area contributed by atoms with E-state index in [0.717, 1.165) is 16.8 Å². The number of benzene rings is 1. The topological polar surface area (TPSA) is 67.4 Å². The molecule has 0 atom stereocenters. The normalized spacial score (nSPS) is 11.1. The van der Waals surface area contributed by atoms with Gasteiger partial charge in [-0.2, -0.15) is 0 Å². The van der Waals surface area contributed by atoms with E-state index in [1.165, 1.54) is 0 Å². The molecule has 0 aliphatic carbocycles. The molecular weight excluding hydrogens is 268 g/mol. The number of hydrogen-bond acceptors (Lipinski definition) is 3. The van der Waals surface area contributed by atoms with Crippen molar-refractivity contribution in [3.05, 3.63) is 29.3 Å². The molecule has 0 aliphatic heterocycles. The summed E-state index contributed by atoms with van der Waals surface area (Å²) in [5.74, 6) is -0.647. The van der Waals surface area contributed by atoms with Crippen molar-refractivity contribution in [3.63, 3.8) is 0 Å². The Morgan fingerprint density at radius 1 is 1.19 bits per heavy atom. The Kier molecular flexibility index (Phi) is 5.90. The van der Waals surface area contributed by atoms with E-state index in [4.69, 9.17) is 4.74 Å². The molecule has 0 heterocycles. The van der Waals surface area contributed by atoms with Crippen LogP contribution < -0.4 is 10.6 Å². The van der Waals surface area contributed by atoms with Gasteiger partial charge >= 0.3 is 0 Å². The van der Waals surface area contributed by atoms with Crippen LogP contribution in [0.25, 0.3) is 0 Å². The van der Waals surface area contributed by atoms with Crippen molar-refractivity contribution in [2.75, 3.05) is 25.6 Å². The third kappa shape index (κ3) is 4.56. The maximum Gasteiger partial charge on any atom is 0.239 e. The van der Waals surface area contributed by atoms with Gasteiger partial charge in [0.1, 0.15) is 5.41 Å². The van der Waals surface area contributed by atoms with Crippen molar-refractivity contribution in [2.24, 2.45) is 5.41 Å². The third-order valence-corrected chi connectivity index (χ3v) is 3.36. The third-order valence-electron chi connectivity index (χ3n) is 3.36. The lowest BCUT2D eigenvalue weighted by Gasteiger charge is -2.23. The standard InChI is InChI=1S/C16H24N2O3/c1-11-6-7-13(12(2)10-11)18-15(20)16(3,4)14(19)17-8-9-21-5/h6-7,10H,8-9H2,1-5H3,(H,17,19)(H,18,20). The van der Waals surface area contributed by atoms with Crippen LogP contribution in [0.15, 0.2) is 18.2 Å². The molecule has 2 amide bonds. The number of methoxy groups -OCH3 is 1. The molecule has 0 aliphatic rings. The Morgan fingerprint density at radius 2 is 1.86 bits per heavy atom. The maximum atomic E-state index is 12.3. The molecule has 0 radical (unpaired) electrons. The predicted octanol–water partition coefficient (Wildman–Crippen LogP) is 2.03. The average Bonchev–Trinajstić information content (AvgIpc) is 2.41. The molecule has 0 fully saturated rings. The van der Waals surface area contributed by atoms with Gasteiger partial charge in [0.25, 0.3) is 0 Å². The summed E-state index contributed by atoms with van der Waals surface area (Å²) in [6, 6.07) is 5.76. The van der Waals surface area contributed by atoms with E-state index in [9.17, 15) is 9.59 Å². The second-order valence-electron chi connectivity index (χ2n) is 5.65. The van der Waals surface area contributed by atoms with Gasteiger partial charge in [-0.3, -0.25) is 9.59 Å². The summed E-state index contributed by atoms with van der Waals surface area (Å²) >= 11 is 0. The number of rotatable bonds is 6. The van der Waals surface area contributed by atoms with E-state index in [2.05, 4.69) is 10.6 Å². The maximum absolute atomic E-state index is 12.3. The highest BCUT2D eigenvalue weighted by molar-refractivity contribution is 6.10. The summed E-state index contributed by atoms with van der Waals surface area (Å²) in [4.78, 5) is 24.4. The molecule has 5 nitrogen and oxygen atoms in total. The highest BCUT2D eigenvalue weighted by Crippen LogP contribution is 2.21. The molecule has 1 rings (SSSR count). The van der Waals surface area contributed by atoms with Gasteiger partial charge in [0.05, 0.1) is 6.61 Å². The summed E-state index contributed by atoms with van der Waals surface area (Å²) in [7, 11) is 1.56. The van der Waals surface area contributed by atoms with Crippen molar-refractivity contribution in [1.82, 2.24) is 5.32 Å². The van der Waals surface area contributed by atoms with Gasteiger partial charge in [-0.1, -0.05) is 17.7 Å². The van der Waals surface area contributed by atoms with Crippen molar-refractivity contribution >= 4 is 17.5 Å². The van der Waals surface area contributed by atoms with Crippen LogP contribution in [0, 0.1) is 19.3 Å². The Balaban J connectivity index is 2.74. The van der Waals surface area contributed by atoms with Gasteiger partial charge < -0.3 is 15.4 Å². The second-order valence-corrected chi connectivity index (χ2v) is 5.65. The quantitative estimate of drug-likeness (QED) is 0.623. The predicted molar refractivity (Wildman–Crippen MR) is 83.2 cm³/mol. The van der Waals surface area contributed by atoms with E-state index in [0.29, 0.717) is 13.2 Å². The van der Waals surface area contributed by atoms with Crippen LogP contribution in [-0.2, 0) is 14.3 Å². The zero-order valence-corrected chi connectivity index (χ0v) is 13.4. The fourth-order valence-corrected chi connectivity index (χ4v) is 1.82. The summed E-state index contributed by atoms with van der Waals surface area (Å²) < 4.78 is 4.87. The number of ether oxygens (including phenoxy) is 1. The van der Waals surface area contributed by atoms with Gasteiger partial charge in [0.15, 0.2) is 0 Å². The zero-order chi connectivity index (χ0) is 16.0. The summed E-state index contributed by atoms with van der Waals surface area (Å²) in [5, 5.41) is 5.51. The first-order valence-electron chi connectivity index (χ1n) is 6.95. The number of nitrogens with one attached hydrogen (secondary N) is 2. The highest BCUT2D eigenvalue weighted by Gasteiger charge is 2.36. The van der Waals surface area contributed by atoms with Crippen LogP contribution in [-0.4, -0.2) is 32.1 Å². The molecule has 21 heavy (non-hydrogen) atoms. The van der Waals surface area contributed by atoms with E-state index in [-0.39, 0.29) is 11.8 Å². The largest absolute Gasteiger partial charge is 0.383 e. The number of carbonyl (C=O) groups excluding carboxylic acids is 2. The minimum Gasteiger partial charge on any atom is -0.383 e. The molecule has 0 aromatic heterocycles. The van der Waals surface area contributed by atoms with Crippen LogP contribution in [0.2, 0.25) is 0 Å². The smallest absolute Gasteiger partial charge is 0.239 e. The van der Waals surface area contributed by atoms with Gasteiger partial charge in [0.2, 0.25) is 11.8 Å². The molecule has 1 aromatic rings. The molecule has 0 bridgehead atoms. The first kappa shape index (κ1) is 17.2. The monoisotopic (exact) mass is 292 g/mol. The molecule has 0 unspecified atom stereocenters. The first-order valence-corrected chi connectivity index (χ1v) is 6.95. The van der Waals surface area contributed by atoms with E-state index < -0.39 is 5.41 Å². The lowest BCUT2D eigenvalue weighted by molar-refractivity contribution is -0.138. The van der Waals surface area contributed by atoms with E-state index in [1.54, 1.807) is 21.0 Å². The first-order chi connectivity index (χ1) is 9.78. The summed E-state index contributed by atoms with van der Waals surface area (Å²) in [6.45, 7) is 7.93. The average molecular weight is 292 g/mol. The summed E-state index contributed by atoms with van der Waals surface area (Å²) in [6.07, 6.45) is 0. The fourth-order valence-electron chi connectivity index (χ4n) is 1.82. The highest BCUT2D eigenvalue weighted by atomic mass is 16.5. The molecule has 5 heteroatoms. The lowest BCUT2D eigenvalue weighted by Crippen LogP contribution is -2.46.